The van der Waals surface area contributed by atoms with Crippen molar-refractivity contribution in [3.8, 4) is 10.6 Å². The fourth-order valence-electron chi connectivity index (χ4n) is 2.58. The van der Waals surface area contributed by atoms with Crippen molar-refractivity contribution in [2.75, 3.05) is 6.61 Å². The number of nitrogens with zero attached hydrogens (tertiary/aromatic N) is 1. The molecule has 1 aliphatic carbocycles. The Balaban J connectivity index is 1.59. The highest BCUT2D eigenvalue weighted by molar-refractivity contribution is 7.13. The van der Waals surface area contributed by atoms with Gasteiger partial charge in [0.25, 0.3) is 0 Å². The third-order valence-corrected chi connectivity index (χ3v) is 4.66. The van der Waals surface area contributed by atoms with Crippen molar-refractivity contribution in [3.05, 3.63) is 53.3 Å². The van der Waals surface area contributed by atoms with Gasteiger partial charge in [-0.15, -0.1) is 11.3 Å². The van der Waals surface area contributed by atoms with Gasteiger partial charge in [-0.1, -0.05) is 24.3 Å². The molecular formula is C17H17FN2O2S. The number of nitrogens with one attached hydrogen (secondary N) is 1. The van der Waals surface area contributed by atoms with E-state index >= 15 is 0 Å². The highest BCUT2D eigenvalue weighted by atomic mass is 32.1. The van der Waals surface area contributed by atoms with Gasteiger partial charge in [-0.2, -0.15) is 0 Å². The van der Waals surface area contributed by atoms with Crippen molar-refractivity contribution in [1.29, 1.82) is 0 Å². The number of aliphatic hydroxyl groups is 1. The summed E-state index contributed by atoms with van der Waals surface area (Å²) in [5, 5.41) is 14.5. The monoisotopic (exact) mass is 332 g/mol. The minimum Gasteiger partial charge on any atom is -0.396 e. The van der Waals surface area contributed by atoms with Gasteiger partial charge in [-0.3, -0.25) is 4.79 Å². The minimum absolute atomic E-state index is 0.0269. The quantitative estimate of drug-likeness (QED) is 0.827. The lowest BCUT2D eigenvalue weighted by atomic mass is 10.1. The number of carbonyl (C=O) groups excluding carboxylic acids is 1. The Hall–Kier alpha value is -2.05. The number of amides is 1. The Bertz CT molecular complexity index is 729. The predicted octanol–water partition coefficient (Wildman–Crippen LogP) is 2.54. The van der Waals surface area contributed by atoms with Gasteiger partial charge >= 0.3 is 0 Å². The zero-order chi connectivity index (χ0) is 16.2. The number of hydrogen-bond donors (Lipinski definition) is 2. The van der Waals surface area contributed by atoms with E-state index < -0.39 is 0 Å². The summed E-state index contributed by atoms with van der Waals surface area (Å²) in [5.41, 5.74) is 1.39. The Morgan fingerprint density at radius 3 is 3.04 bits per heavy atom. The van der Waals surface area contributed by atoms with Crippen LogP contribution in [-0.2, 0) is 11.2 Å². The third-order valence-electron chi connectivity index (χ3n) is 3.72. The smallest absolute Gasteiger partial charge is 0.226 e. The first kappa shape index (κ1) is 15.8. The average Bonchev–Trinajstić information content (AvgIpc) is 3.16. The van der Waals surface area contributed by atoms with E-state index in [-0.39, 0.29) is 36.7 Å². The molecule has 0 saturated heterocycles. The van der Waals surface area contributed by atoms with Crippen molar-refractivity contribution in [3.63, 3.8) is 0 Å². The molecule has 1 amide bonds. The van der Waals surface area contributed by atoms with E-state index in [1.165, 1.54) is 23.5 Å². The van der Waals surface area contributed by atoms with Crippen molar-refractivity contribution < 1.29 is 14.3 Å². The van der Waals surface area contributed by atoms with Crippen LogP contribution in [0.2, 0.25) is 0 Å². The second kappa shape index (κ2) is 7.02. The second-order valence-electron chi connectivity index (χ2n) is 5.57. The number of carbonyl (C=O) groups is 1. The van der Waals surface area contributed by atoms with Crippen molar-refractivity contribution in [2.45, 2.75) is 18.9 Å². The van der Waals surface area contributed by atoms with Gasteiger partial charge in [0, 0.05) is 29.5 Å². The fourth-order valence-corrected chi connectivity index (χ4v) is 3.40. The number of hydrogen-bond acceptors (Lipinski definition) is 4. The maximum Gasteiger partial charge on any atom is 0.226 e. The highest BCUT2D eigenvalue weighted by Gasteiger charge is 2.20. The first-order chi connectivity index (χ1) is 11.1. The van der Waals surface area contributed by atoms with Gasteiger partial charge in [0.1, 0.15) is 10.8 Å². The maximum absolute atomic E-state index is 13.2. The molecule has 1 aromatic carbocycles. The van der Waals surface area contributed by atoms with Gasteiger partial charge in [-0.25, -0.2) is 9.37 Å². The fraction of sp³-hybridized carbons (Fsp3) is 0.294. The molecule has 0 aliphatic heterocycles. The van der Waals surface area contributed by atoms with Crippen LogP contribution in [0.15, 0.2) is 41.8 Å². The molecule has 1 aliphatic rings. The van der Waals surface area contributed by atoms with E-state index in [0.717, 1.165) is 6.42 Å². The lowest BCUT2D eigenvalue weighted by molar-refractivity contribution is -0.120. The van der Waals surface area contributed by atoms with Crippen LogP contribution in [0, 0.1) is 11.7 Å². The number of halogens is 1. The van der Waals surface area contributed by atoms with Crippen LogP contribution in [0.5, 0.6) is 0 Å². The van der Waals surface area contributed by atoms with Crippen LogP contribution < -0.4 is 5.32 Å². The number of aromatic nitrogens is 1. The van der Waals surface area contributed by atoms with E-state index in [2.05, 4.69) is 10.3 Å². The molecule has 0 radical (unpaired) electrons. The van der Waals surface area contributed by atoms with Crippen LogP contribution in [-0.4, -0.2) is 28.6 Å². The summed E-state index contributed by atoms with van der Waals surface area (Å²) < 4.78 is 13.2. The van der Waals surface area contributed by atoms with Crippen LogP contribution >= 0.6 is 11.3 Å². The summed E-state index contributed by atoms with van der Waals surface area (Å²) in [7, 11) is 0. The summed E-state index contributed by atoms with van der Waals surface area (Å²) >= 11 is 1.40. The minimum atomic E-state index is -0.302. The Morgan fingerprint density at radius 1 is 1.43 bits per heavy atom. The van der Waals surface area contributed by atoms with Gasteiger partial charge in [0.05, 0.1) is 12.1 Å². The topological polar surface area (TPSA) is 62.2 Å². The maximum atomic E-state index is 13.2. The molecule has 6 heteroatoms. The Labute approximate surface area is 137 Å². The van der Waals surface area contributed by atoms with Crippen molar-refractivity contribution >= 4 is 17.2 Å². The van der Waals surface area contributed by atoms with Crippen LogP contribution in [0.4, 0.5) is 4.39 Å². The van der Waals surface area contributed by atoms with Gasteiger partial charge < -0.3 is 10.4 Å². The summed E-state index contributed by atoms with van der Waals surface area (Å²) in [6.07, 6.45) is 4.77. The van der Waals surface area contributed by atoms with E-state index in [4.69, 9.17) is 5.11 Å². The second-order valence-corrected chi connectivity index (χ2v) is 6.43. The molecule has 2 N–H and O–H groups in total. The summed E-state index contributed by atoms with van der Waals surface area (Å²) in [5.74, 6) is -0.281. The van der Waals surface area contributed by atoms with Crippen LogP contribution in [0.25, 0.3) is 10.6 Å². The largest absolute Gasteiger partial charge is 0.396 e. The standard InChI is InChI=1S/C17H17FN2O2S/c18-13-3-1-2-12(7-13)17-20-15(10-23-17)8-16(22)19-14-5-4-11(6-14)9-21/h1-5,7,10-11,14,21H,6,8-9H2,(H,19,22)/t11-,14+/m0/s1. The SMILES string of the molecule is O=C(Cc1csc(-c2cccc(F)c2)n1)N[C@@H]1C=C[C@H](CO)C1. The molecule has 0 fully saturated rings. The lowest BCUT2D eigenvalue weighted by Gasteiger charge is -2.12. The van der Waals surface area contributed by atoms with Gasteiger partial charge in [0.2, 0.25) is 5.91 Å². The van der Waals surface area contributed by atoms with Crippen molar-refractivity contribution in [1.82, 2.24) is 10.3 Å². The highest BCUT2D eigenvalue weighted by Crippen LogP contribution is 2.24. The van der Waals surface area contributed by atoms with Gasteiger partial charge in [0.15, 0.2) is 0 Å². The summed E-state index contributed by atoms with van der Waals surface area (Å²) in [6.45, 7) is 0.103. The van der Waals surface area contributed by atoms with E-state index in [0.29, 0.717) is 16.3 Å². The molecule has 0 spiro atoms. The molecule has 0 bridgehead atoms. The number of benzene rings is 1. The van der Waals surface area contributed by atoms with E-state index in [1.54, 1.807) is 12.1 Å². The normalized spacial score (nSPS) is 19.9. The third kappa shape index (κ3) is 4.03. The Morgan fingerprint density at radius 2 is 2.30 bits per heavy atom. The average molecular weight is 332 g/mol. The van der Waals surface area contributed by atoms with Crippen LogP contribution in [0.3, 0.4) is 0 Å². The van der Waals surface area contributed by atoms with Gasteiger partial charge in [-0.05, 0) is 18.6 Å². The van der Waals surface area contributed by atoms with E-state index in [1.807, 2.05) is 17.5 Å². The zero-order valence-electron chi connectivity index (χ0n) is 12.4. The first-order valence-electron chi connectivity index (χ1n) is 7.43. The molecule has 23 heavy (non-hydrogen) atoms. The lowest BCUT2D eigenvalue weighted by Crippen LogP contribution is -2.34. The molecule has 2 aromatic rings. The molecule has 120 valence electrons. The number of rotatable bonds is 5. The molecular weight excluding hydrogens is 315 g/mol. The molecule has 0 saturated carbocycles. The van der Waals surface area contributed by atoms with E-state index in [9.17, 15) is 9.18 Å². The molecule has 0 unspecified atom stereocenters. The Kier molecular flexibility index (Phi) is 4.83. The van der Waals surface area contributed by atoms with Crippen LogP contribution in [0.1, 0.15) is 12.1 Å². The number of aliphatic hydroxyl groups excluding tert-OH is 1. The molecule has 3 rings (SSSR count). The zero-order valence-corrected chi connectivity index (χ0v) is 13.2. The molecule has 1 aromatic heterocycles. The first-order valence-corrected chi connectivity index (χ1v) is 8.31. The number of thiazole rings is 1. The molecule has 1 heterocycles. The predicted molar refractivity (Wildman–Crippen MR) is 87.5 cm³/mol. The van der Waals surface area contributed by atoms with Crippen molar-refractivity contribution in [2.24, 2.45) is 5.92 Å². The summed E-state index contributed by atoms with van der Waals surface area (Å²) in [6, 6.07) is 6.23. The molecule has 4 nitrogen and oxygen atoms in total. The summed E-state index contributed by atoms with van der Waals surface area (Å²) in [4.78, 5) is 16.5. The molecule has 2 atom stereocenters.